The highest BCUT2D eigenvalue weighted by molar-refractivity contribution is 9.09. The number of alkyl halides is 1. The Bertz CT molecular complexity index is 277. The van der Waals surface area contributed by atoms with Crippen molar-refractivity contribution in [2.75, 3.05) is 12.4 Å². The van der Waals surface area contributed by atoms with Gasteiger partial charge in [-0.1, -0.05) is 46.8 Å². The van der Waals surface area contributed by atoms with Gasteiger partial charge in [0.1, 0.15) is 5.76 Å². The first-order valence-electron chi connectivity index (χ1n) is 4.16. The van der Waals surface area contributed by atoms with Crippen LogP contribution in [0, 0.1) is 0 Å². The smallest absolute Gasteiger partial charge is 0.118 e. The van der Waals surface area contributed by atoms with Crippen molar-refractivity contribution < 1.29 is 4.74 Å². The number of hydrogen-bond donors (Lipinski definition) is 0. The monoisotopic (exact) mass is 240 g/mol. The molecule has 0 radical (unpaired) electrons. The van der Waals surface area contributed by atoms with Crippen LogP contribution in [0.2, 0.25) is 0 Å². The molecule has 0 aliphatic carbocycles. The lowest BCUT2D eigenvalue weighted by molar-refractivity contribution is 0.371. The maximum Gasteiger partial charge on any atom is 0.118 e. The van der Waals surface area contributed by atoms with Gasteiger partial charge in [0.2, 0.25) is 0 Å². The summed E-state index contributed by atoms with van der Waals surface area (Å²) in [4.78, 5) is 0. The Morgan fingerprint density at radius 2 is 2.00 bits per heavy atom. The quantitative estimate of drug-likeness (QED) is 0.580. The molecule has 0 amide bonds. The van der Waals surface area contributed by atoms with Gasteiger partial charge < -0.3 is 4.74 Å². The predicted molar refractivity (Wildman–Crippen MR) is 60.0 cm³/mol. The van der Waals surface area contributed by atoms with E-state index >= 15 is 0 Å². The van der Waals surface area contributed by atoms with Crippen LogP contribution in [0.3, 0.4) is 0 Å². The van der Waals surface area contributed by atoms with Gasteiger partial charge in [0.05, 0.1) is 7.11 Å². The van der Waals surface area contributed by atoms with Gasteiger partial charge in [-0.15, -0.1) is 0 Å². The average Bonchev–Trinajstić information content (AvgIpc) is 2.18. The van der Waals surface area contributed by atoms with Crippen LogP contribution < -0.4 is 0 Å². The Labute approximate surface area is 87.5 Å². The third-order valence-electron chi connectivity index (χ3n) is 1.91. The van der Waals surface area contributed by atoms with Crippen molar-refractivity contribution in [3.8, 4) is 0 Å². The van der Waals surface area contributed by atoms with Gasteiger partial charge in [-0.05, 0) is 12.0 Å². The number of benzene rings is 1. The minimum Gasteiger partial charge on any atom is -0.497 e. The maximum atomic E-state index is 5.03. The topological polar surface area (TPSA) is 9.23 Å². The molecular formula is C11H13BrO. The minimum atomic E-state index is 0.713. The fraction of sp³-hybridized carbons (Fsp3) is 0.273. The molecule has 1 nitrogen and oxygen atoms in total. The van der Waals surface area contributed by atoms with E-state index in [-0.39, 0.29) is 0 Å². The second kappa shape index (κ2) is 5.07. The molecular weight excluding hydrogens is 228 g/mol. The summed E-state index contributed by atoms with van der Waals surface area (Å²) in [6.07, 6.45) is 1.06. The summed E-state index contributed by atoms with van der Waals surface area (Å²) >= 11 is 3.40. The molecule has 2 heteroatoms. The van der Waals surface area contributed by atoms with Gasteiger partial charge in [-0.3, -0.25) is 0 Å². The normalized spacial score (nSPS) is 9.69. The molecule has 1 aromatic carbocycles. The van der Waals surface area contributed by atoms with Crippen LogP contribution in [0.4, 0.5) is 0 Å². The SMILES string of the molecule is C=C(OC)c1ccc(CCBr)cc1. The van der Waals surface area contributed by atoms with E-state index in [4.69, 9.17) is 4.74 Å². The van der Waals surface area contributed by atoms with E-state index in [1.54, 1.807) is 7.11 Å². The number of aryl methyl sites for hydroxylation is 1. The molecule has 0 fully saturated rings. The van der Waals surface area contributed by atoms with Crippen molar-refractivity contribution in [2.24, 2.45) is 0 Å². The lowest BCUT2D eigenvalue weighted by Crippen LogP contribution is -1.88. The average molecular weight is 241 g/mol. The standard InChI is InChI=1S/C11H13BrO/c1-9(13-2)11-5-3-10(4-6-11)7-8-12/h3-6H,1,7-8H2,2H3. The third kappa shape index (κ3) is 2.88. The van der Waals surface area contributed by atoms with Crippen LogP contribution in [-0.2, 0) is 11.2 Å². The number of rotatable bonds is 4. The fourth-order valence-electron chi connectivity index (χ4n) is 1.08. The Kier molecular flexibility index (Phi) is 4.03. The zero-order chi connectivity index (χ0) is 9.68. The fourth-order valence-corrected chi connectivity index (χ4v) is 1.54. The molecule has 0 aliphatic rings. The lowest BCUT2D eigenvalue weighted by Gasteiger charge is -2.04. The summed E-state index contributed by atoms with van der Waals surface area (Å²) in [5.74, 6) is 0.713. The molecule has 13 heavy (non-hydrogen) atoms. The molecule has 0 heterocycles. The largest absolute Gasteiger partial charge is 0.497 e. The molecule has 0 atom stereocenters. The van der Waals surface area contributed by atoms with Crippen LogP contribution in [-0.4, -0.2) is 12.4 Å². The molecule has 1 rings (SSSR count). The van der Waals surface area contributed by atoms with Gasteiger partial charge in [0.25, 0.3) is 0 Å². The highest BCUT2D eigenvalue weighted by Crippen LogP contribution is 2.14. The van der Waals surface area contributed by atoms with E-state index in [0.29, 0.717) is 5.76 Å². The number of hydrogen-bond acceptors (Lipinski definition) is 1. The molecule has 70 valence electrons. The first-order chi connectivity index (χ1) is 6.27. The predicted octanol–water partition coefficient (Wildman–Crippen LogP) is 3.24. The molecule has 0 N–H and O–H groups in total. The number of ether oxygens (including phenoxy) is 1. The van der Waals surface area contributed by atoms with Crippen LogP contribution in [0.15, 0.2) is 30.8 Å². The van der Waals surface area contributed by atoms with Crippen LogP contribution >= 0.6 is 15.9 Å². The van der Waals surface area contributed by atoms with Gasteiger partial charge >= 0.3 is 0 Å². The van der Waals surface area contributed by atoms with Crippen LogP contribution in [0.25, 0.3) is 5.76 Å². The van der Waals surface area contributed by atoms with Crippen molar-refractivity contribution in [2.45, 2.75) is 6.42 Å². The highest BCUT2D eigenvalue weighted by atomic mass is 79.9. The second-order valence-corrected chi connectivity index (χ2v) is 3.56. The molecule has 0 saturated carbocycles. The molecule has 0 aliphatic heterocycles. The summed E-state index contributed by atoms with van der Waals surface area (Å²) in [7, 11) is 1.63. The summed E-state index contributed by atoms with van der Waals surface area (Å²) in [5, 5.41) is 0.998. The van der Waals surface area contributed by atoms with Crippen molar-refractivity contribution in [1.82, 2.24) is 0 Å². The molecule has 0 aromatic heterocycles. The minimum absolute atomic E-state index is 0.713. The van der Waals surface area contributed by atoms with Crippen molar-refractivity contribution >= 4 is 21.7 Å². The Hall–Kier alpha value is -0.760. The third-order valence-corrected chi connectivity index (χ3v) is 2.30. The molecule has 0 unspecified atom stereocenters. The second-order valence-electron chi connectivity index (χ2n) is 2.76. The van der Waals surface area contributed by atoms with Crippen molar-refractivity contribution in [1.29, 1.82) is 0 Å². The molecule has 0 bridgehead atoms. The van der Waals surface area contributed by atoms with E-state index in [2.05, 4.69) is 34.6 Å². The van der Waals surface area contributed by atoms with Gasteiger partial charge in [0, 0.05) is 10.9 Å². The zero-order valence-electron chi connectivity index (χ0n) is 7.72. The zero-order valence-corrected chi connectivity index (χ0v) is 9.30. The Morgan fingerprint density at radius 1 is 1.38 bits per heavy atom. The molecule has 1 aromatic rings. The molecule has 0 saturated heterocycles. The Balaban J connectivity index is 2.75. The van der Waals surface area contributed by atoms with Crippen molar-refractivity contribution in [3.63, 3.8) is 0 Å². The van der Waals surface area contributed by atoms with Crippen LogP contribution in [0.1, 0.15) is 11.1 Å². The summed E-state index contributed by atoms with van der Waals surface area (Å²) in [6.45, 7) is 3.79. The Morgan fingerprint density at radius 3 is 2.46 bits per heavy atom. The highest BCUT2D eigenvalue weighted by Gasteiger charge is 1.97. The van der Waals surface area contributed by atoms with E-state index in [9.17, 15) is 0 Å². The summed E-state index contributed by atoms with van der Waals surface area (Å²) < 4.78 is 5.03. The summed E-state index contributed by atoms with van der Waals surface area (Å²) in [5.41, 5.74) is 2.37. The first kappa shape index (κ1) is 10.3. The van der Waals surface area contributed by atoms with Crippen molar-refractivity contribution in [3.05, 3.63) is 42.0 Å². The van der Waals surface area contributed by atoms with Gasteiger partial charge in [-0.25, -0.2) is 0 Å². The number of methoxy groups -OCH3 is 1. The first-order valence-corrected chi connectivity index (χ1v) is 5.28. The molecule has 0 spiro atoms. The van der Waals surface area contributed by atoms with E-state index in [0.717, 1.165) is 17.3 Å². The van der Waals surface area contributed by atoms with Gasteiger partial charge in [-0.2, -0.15) is 0 Å². The number of halogens is 1. The lowest BCUT2D eigenvalue weighted by atomic mass is 10.1. The van der Waals surface area contributed by atoms with E-state index in [1.807, 2.05) is 12.1 Å². The maximum absolute atomic E-state index is 5.03. The van der Waals surface area contributed by atoms with E-state index in [1.165, 1.54) is 5.56 Å². The van der Waals surface area contributed by atoms with Crippen LogP contribution in [0.5, 0.6) is 0 Å². The summed E-state index contributed by atoms with van der Waals surface area (Å²) in [6, 6.07) is 8.26. The van der Waals surface area contributed by atoms with Gasteiger partial charge in [0.15, 0.2) is 0 Å². The van der Waals surface area contributed by atoms with E-state index < -0.39 is 0 Å².